The summed E-state index contributed by atoms with van der Waals surface area (Å²) in [5.41, 5.74) is 14.0. The summed E-state index contributed by atoms with van der Waals surface area (Å²) in [4.78, 5) is 8.22. The highest BCUT2D eigenvalue weighted by Crippen LogP contribution is 2.31. The van der Waals surface area contributed by atoms with E-state index in [1.54, 1.807) is 0 Å². The number of aryl methyl sites for hydroxylation is 1. The molecule has 0 saturated heterocycles. The molecule has 3 heterocycles. The van der Waals surface area contributed by atoms with Crippen molar-refractivity contribution in [2.75, 3.05) is 19.6 Å². The Balaban J connectivity index is 1.36. The molecular weight excluding hydrogens is 396 g/mol. The lowest BCUT2D eigenvalue weighted by Gasteiger charge is -2.30. The fourth-order valence-corrected chi connectivity index (χ4v) is 4.45. The minimum Gasteiger partial charge on any atom is -0.370 e. The molecule has 1 aromatic heterocycles. The third-order valence-corrected chi connectivity index (χ3v) is 6.18. The number of aromatic nitrogens is 1. The summed E-state index contributed by atoms with van der Waals surface area (Å²) in [5.74, 6) is -0.222. The number of nitrogens with one attached hydrogen (secondary N) is 4. The van der Waals surface area contributed by atoms with Gasteiger partial charge in [0, 0.05) is 47.5 Å². The number of benzene rings is 2. The molecule has 0 fully saturated rings. The number of amidine groups is 1. The second kappa shape index (κ2) is 8.65. The van der Waals surface area contributed by atoms with Gasteiger partial charge in [0.2, 0.25) is 5.79 Å². The summed E-state index contributed by atoms with van der Waals surface area (Å²) in [6, 6.07) is 14.9. The zero-order valence-electron chi connectivity index (χ0n) is 18.4. The maximum atomic E-state index is 6.74. The molecule has 6 N–H and O–H groups in total. The van der Waals surface area contributed by atoms with E-state index in [0.717, 1.165) is 49.4 Å². The van der Waals surface area contributed by atoms with E-state index in [1.165, 1.54) is 27.6 Å². The number of fused-ring (bicyclic) bond motifs is 1. The summed E-state index contributed by atoms with van der Waals surface area (Å²) in [7, 11) is 0. The molecule has 32 heavy (non-hydrogen) atoms. The predicted molar refractivity (Wildman–Crippen MR) is 132 cm³/mol. The SMILES string of the molecule is Cc1cccc(CCNC2=NC(N)(c3ccc4[nH]cc(C5=CCNCC5)c4c3)NC=C2)c1. The number of rotatable bonds is 5. The molecule has 0 radical (unpaired) electrons. The lowest BCUT2D eigenvalue weighted by atomic mass is 9.97. The van der Waals surface area contributed by atoms with Crippen LogP contribution in [0.4, 0.5) is 0 Å². The second-order valence-electron chi connectivity index (χ2n) is 8.55. The first-order chi connectivity index (χ1) is 15.6. The van der Waals surface area contributed by atoms with Crippen LogP contribution in [0.25, 0.3) is 16.5 Å². The predicted octanol–water partition coefficient (Wildman–Crippen LogP) is 3.27. The van der Waals surface area contributed by atoms with Crippen molar-refractivity contribution in [1.29, 1.82) is 0 Å². The zero-order chi connectivity index (χ0) is 22.0. The van der Waals surface area contributed by atoms with Crippen LogP contribution in [-0.2, 0) is 12.2 Å². The van der Waals surface area contributed by atoms with Crippen LogP contribution in [0, 0.1) is 6.92 Å². The van der Waals surface area contributed by atoms with Crippen LogP contribution < -0.4 is 21.7 Å². The fraction of sp³-hybridized carbons (Fsp3) is 0.269. The third kappa shape index (κ3) is 4.20. The molecule has 0 spiro atoms. The van der Waals surface area contributed by atoms with Gasteiger partial charge in [0.15, 0.2) is 0 Å². The molecule has 1 atom stereocenters. The van der Waals surface area contributed by atoms with Gasteiger partial charge in [0.05, 0.1) is 0 Å². The first-order valence-electron chi connectivity index (χ1n) is 11.2. The molecule has 6 nitrogen and oxygen atoms in total. The molecule has 0 amide bonds. The van der Waals surface area contributed by atoms with E-state index in [2.05, 4.69) is 76.5 Å². The number of hydrogen-bond acceptors (Lipinski definition) is 5. The number of nitrogens with zero attached hydrogens (tertiary/aromatic N) is 1. The quantitative estimate of drug-likeness (QED) is 0.433. The van der Waals surface area contributed by atoms with Crippen molar-refractivity contribution in [3.8, 4) is 0 Å². The van der Waals surface area contributed by atoms with Crippen LogP contribution in [0.1, 0.15) is 28.7 Å². The molecular formula is C26H30N6. The molecule has 0 bridgehead atoms. The van der Waals surface area contributed by atoms with E-state index in [1.807, 2.05) is 18.3 Å². The Kier molecular flexibility index (Phi) is 5.55. The van der Waals surface area contributed by atoms with Crippen LogP contribution in [0.2, 0.25) is 0 Å². The summed E-state index contributed by atoms with van der Waals surface area (Å²) in [5, 5.41) is 11.2. The Labute approximate surface area is 188 Å². The van der Waals surface area contributed by atoms with Crippen LogP contribution in [0.15, 0.2) is 72.0 Å². The topological polar surface area (TPSA) is 90.3 Å². The zero-order valence-corrected chi connectivity index (χ0v) is 18.4. The lowest BCUT2D eigenvalue weighted by molar-refractivity contribution is 0.408. The van der Waals surface area contributed by atoms with Crippen molar-refractivity contribution in [3.05, 3.63) is 89.3 Å². The van der Waals surface area contributed by atoms with E-state index in [-0.39, 0.29) is 0 Å². The Hall–Kier alpha value is -3.35. The van der Waals surface area contributed by atoms with Crippen molar-refractivity contribution in [1.82, 2.24) is 20.9 Å². The van der Waals surface area contributed by atoms with Crippen LogP contribution in [0.3, 0.4) is 0 Å². The van der Waals surface area contributed by atoms with E-state index < -0.39 is 5.79 Å². The van der Waals surface area contributed by atoms with E-state index in [4.69, 9.17) is 10.7 Å². The van der Waals surface area contributed by atoms with Gasteiger partial charge in [-0.2, -0.15) is 0 Å². The Morgan fingerprint density at radius 2 is 2.12 bits per heavy atom. The minimum absolute atomic E-state index is 0.786. The summed E-state index contributed by atoms with van der Waals surface area (Å²) in [6.45, 7) is 4.84. The number of aliphatic imine (C=N–C) groups is 1. The van der Waals surface area contributed by atoms with Gasteiger partial charge >= 0.3 is 0 Å². The average molecular weight is 427 g/mol. The van der Waals surface area contributed by atoms with E-state index >= 15 is 0 Å². The molecule has 2 aromatic carbocycles. The lowest BCUT2D eigenvalue weighted by Crippen LogP contribution is -2.50. The van der Waals surface area contributed by atoms with E-state index in [9.17, 15) is 0 Å². The van der Waals surface area contributed by atoms with Gasteiger partial charge in [-0.1, -0.05) is 42.0 Å². The van der Waals surface area contributed by atoms with Gasteiger partial charge in [-0.3, -0.25) is 5.73 Å². The molecule has 0 aliphatic carbocycles. The van der Waals surface area contributed by atoms with Crippen LogP contribution in [-0.4, -0.2) is 30.5 Å². The molecule has 6 heteroatoms. The first kappa shape index (κ1) is 20.5. The molecule has 3 aromatic rings. The maximum absolute atomic E-state index is 6.74. The second-order valence-corrected chi connectivity index (χ2v) is 8.55. The molecule has 0 saturated carbocycles. The molecule has 5 rings (SSSR count). The normalized spacial score (nSPS) is 20.6. The summed E-state index contributed by atoms with van der Waals surface area (Å²) in [6.07, 6.45) is 10.1. The van der Waals surface area contributed by atoms with Crippen LogP contribution >= 0.6 is 0 Å². The Bertz CT molecular complexity index is 1220. The molecule has 2 aliphatic rings. The van der Waals surface area contributed by atoms with Crippen molar-refractivity contribution in [3.63, 3.8) is 0 Å². The van der Waals surface area contributed by atoms with Crippen molar-refractivity contribution >= 4 is 22.3 Å². The molecule has 164 valence electrons. The van der Waals surface area contributed by atoms with Gasteiger partial charge in [0.1, 0.15) is 5.84 Å². The summed E-state index contributed by atoms with van der Waals surface area (Å²) >= 11 is 0. The van der Waals surface area contributed by atoms with Gasteiger partial charge in [-0.25, -0.2) is 4.99 Å². The van der Waals surface area contributed by atoms with Gasteiger partial charge in [-0.15, -0.1) is 0 Å². The van der Waals surface area contributed by atoms with E-state index in [0.29, 0.717) is 0 Å². The fourth-order valence-electron chi connectivity index (χ4n) is 4.45. The minimum atomic E-state index is -1.01. The smallest absolute Gasteiger partial charge is 0.211 e. The highest BCUT2D eigenvalue weighted by molar-refractivity contribution is 5.95. The average Bonchev–Trinajstić information content (AvgIpc) is 3.23. The number of H-pyrrole nitrogens is 1. The van der Waals surface area contributed by atoms with Crippen LogP contribution in [0.5, 0.6) is 0 Å². The number of aromatic amines is 1. The van der Waals surface area contributed by atoms with Gasteiger partial charge < -0.3 is 20.9 Å². The highest BCUT2D eigenvalue weighted by atomic mass is 15.3. The van der Waals surface area contributed by atoms with Crippen molar-refractivity contribution in [2.24, 2.45) is 10.7 Å². The Morgan fingerprint density at radius 1 is 1.19 bits per heavy atom. The molecule has 2 aliphatic heterocycles. The monoisotopic (exact) mass is 426 g/mol. The van der Waals surface area contributed by atoms with Crippen molar-refractivity contribution < 1.29 is 0 Å². The number of nitrogens with two attached hydrogens (primary N) is 1. The maximum Gasteiger partial charge on any atom is 0.211 e. The highest BCUT2D eigenvalue weighted by Gasteiger charge is 2.28. The first-order valence-corrected chi connectivity index (χ1v) is 11.2. The number of hydrogen-bond donors (Lipinski definition) is 5. The van der Waals surface area contributed by atoms with Gasteiger partial charge in [0.25, 0.3) is 0 Å². The largest absolute Gasteiger partial charge is 0.370 e. The molecule has 1 unspecified atom stereocenters. The van der Waals surface area contributed by atoms with Crippen molar-refractivity contribution in [2.45, 2.75) is 25.6 Å². The third-order valence-electron chi connectivity index (χ3n) is 6.18. The standard InChI is InChI=1S/C26H30N6/c1-18-3-2-4-19(15-18)7-13-29-25-10-14-31-26(27,32-25)21-5-6-24-22(16-21)23(17-30-24)20-8-11-28-12-9-20/h2-6,8,10,14-17,28,30-31H,7,9,11-13,27H2,1H3,(H,29,32). The Morgan fingerprint density at radius 3 is 2.97 bits per heavy atom. The van der Waals surface area contributed by atoms with Gasteiger partial charge in [-0.05, 0) is 55.7 Å². The summed E-state index contributed by atoms with van der Waals surface area (Å²) < 4.78 is 0.